The molecule has 2 aromatic carbocycles. The van der Waals surface area contributed by atoms with Gasteiger partial charge in [-0.15, -0.1) is 0 Å². The van der Waals surface area contributed by atoms with Gasteiger partial charge in [-0.2, -0.15) is 13.2 Å². The number of rotatable bonds is 9. The highest BCUT2D eigenvalue weighted by molar-refractivity contribution is 5.97. The molecule has 0 radical (unpaired) electrons. The average Bonchev–Trinajstić information content (AvgIpc) is 3.06. The van der Waals surface area contributed by atoms with Crippen LogP contribution >= 0.6 is 0 Å². The maximum absolute atomic E-state index is 15.5. The molecule has 3 aromatic rings. The Morgan fingerprint density at radius 1 is 1.16 bits per heavy atom. The third-order valence-electron chi connectivity index (χ3n) is 8.93. The summed E-state index contributed by atoms with van der Waals surface area (Å²) >= 11 is 0. The first kappa shape index (κ1) is 35.7. The van der Waals surface area contributed by atoms with Crippen LogP contribution in [0, 0.1) is 25.5 Å². The van der Waals surface area contributed by atoms with Crippen molar-refractivity contribution in [1.82, 2.24) is 14.5 Å². The lowest BCUT2D eigenvalue weighted by atomic mass is 9.91. The van der Waals surface area contributed by atoms with Crippen LogP contribution in [0.4, 0.5) is 27.6 Å². The van der Waals surface area contributed by atoms with E-state index in [1.807, 2.05) is 0 Å². The van der Waals surface area contributed by atoms with Crippen molar-refractivity contribution in [1.29, 1.82) is 0 Å². The van der Waals surface area contributed by atoms with Gasteiger partial charge >= 0.3 is 12.1 Å². The normalized spacial score (nSPS) is 16.9. The Morgan fingerprint density at radius 2 is 1.86 bits per heavy atom. The number of anilines is 1. The van der Waals surface area contributed by atoms with Crippen LogP contribution in [-0.2, 0) is 34.2 Å². The molecule has 0 aliphatic carbocycles. The van der Waals surface area contributed by atoms with Gasteiger partial charge in [0.1, 0.15) is 47.5 Å². The van der Waals surface area contributed by atoms with Gasteiger partial charge in [-0.1, -0.05) is 6.07 Å². The Balaban J connectivity index is 1.51. The van der Waals surface area contributed by atoms with Crippen molar-refractivity contribution in [3.63, 3.8) is 0 Å². The Kier molecular flexibility index (Phi) is 10.3. The molecular weight excluding hydrogens is 659 g/mol. The summed E-state index contributed by atoms with van der Waals surface area (Å²) in [6, 6.07) is 0.525. The van der Waals surface area contributed by atoms with Crippen molar-refractivity contribution in [2.24, 2.45) is 7.05 Å². The summed E-state index contributed by atoms with van der Waals surface area (Å²) in [4.78, 5) is 45.4. The van der Waals surface area contributed by atoms with Gasteiger partial charge in [-0.3, -0.25) is 9.59 Å². The maximum Gasteiger partial charge on any atom is 0.411 e. The summed E-state index contributed by atoms with van der Waals surface area (Å²) < 4.78 is 89.4. The molecule has 264 valence electrons. The number of halogens is 5. The number of carboxylic acids is 1. The van der Waals surface area contributed by atoms with E-state index in [4.69, 9.17) is 14.2 Å². The number of nitrogens with zero attached hydrogens (tertiary/aromatic N) is 4. The summed E-state index contributed by atoms with van der Waals surface area (Å²) in [5.74, 6) is -5.50. The molecule has 49 heavy (non-hydrogen) atoms. The van der Waals surface area contributed by atoms with Crippen molar-refractivity contribution < 1.29 is 50.9 Å². The molecule has 5 rings (SSSR count). The van der Waals surface area contributed by atoms with E-state index in [0.29, 0.717) is 70.3 Å². The van der Waals surface area contributed by atoms with E-state index < -0.39 is 66.4 Å². The van der Waals surface area contributed by atoms with Crippen LogP contribution in [-0.4, -0.2) is 89.9 Å². The van der Waals surface area contributed by atoms with E-state index in [9.17, 15) is 32.7 Å². The third kappa shape index (κ3) is 6.97. The van der Waals surface area contributed by atoms with Gasteiger partial charge in [0, 0.05) is 44.1 Å². The number of carboxylic acid groups (broad SMARTS) is 1. The van der Waals surface area contributed by atoms with Gasteiger partial charge in [0.25, 0.3) is 11.5 Å². The first-order valence-corrected chi connectivity index (χ1v) is 15.4. The number of carbonyl (C=O) groups excluding carboxylic acids is 1. The molecule has 16 heteroatoms. The van der Waals surface area contributed by atoms with E-state index in [1.165, 1.54) is 4.57 Å². The van der Waals surface area contributed by atoms with Gasteiger partial charge < -0.3 is 33.7 Å². The zero-order valence-corrected chi connectivity index (χ0v) is 27.2. The van der Waals surface area contributed by atoms with Crippen molar-refractivity contribution in [3.05, 3.63) is 74.3 Å². The highest BCUT2D eigenvalue weighted by Crippen LogP contribution is 2.38. The quantitative estimate of drug-likeness (QED) is 0.260. The number of hydrogen-bond donors (Lipinski definition) is 1. The molecule has 1 fully saturated rings. The van der Waals surface area contributed by atoms with Gasteiger partial charge in [-0.25, -0.2) is 18.6 Å². The summed E-state index contributed by atoms with van der Waals surface area (Å²) in [6.45, 7) is 1.99. The lowest BCUT2D eigenvalue weighted by Gasteiger charge is -2.38. The predicted molar refractivity (Wildman–Crippen MR) is 166 cm³/mol. The largest absolute Gasteiger partial charge is 0.493 e. The minimum Gasteiger partial charge on any atom is -0.493 e. The van der Waals surface area contributed by atoms with Crippen LogP contribution in [0.2, 0.25) is 0 Å². The monoisotopic (exact) mass is 694 g/mol. The minimum absolute atomic E-state index is 0.119. The lowest BCUT2D eigenvalue weighted by Crippen LogP contribution is -2.53. The van der Waals surface area contributed by atoms with Crippen LogP contribution in [0.15, 0.2) is 29.1 Å². The zero-order valence-electron chi connectivity index (χ0n) is 27.2. The number of hydrogen-bond acceptors (Lipinski definition) is 8. The van der Waals surface area contributed by atoms with Crippen LogP contribution < -0.4 is 15.2 Å². The second kappa shape index (κ2) is 14.1. The number of aromatic nitrogens is 2. The predicted octanol–water partition coefficient (Wildman–Crippen LogP) is 4.18. The molecule has 0 bridgehead atoms. The molecule has 0 saturated carbocycles. The number of methoxy groups -OCH3 is 1. The molecule has 0 spiro atoms. The fraction of sp³-hybridized carbons (Fsp3) is 0.455. The van der Waals surface area contributed by atoms with Crippen molar-refractivity contribution >= 4 is 17.6 Å². The van der Waals surface area contributed by atoms with E-state index in [-0.39, 0.29) is 30.8 Å². The molecule has 0 unspecified atom stereocenters. The molecule has 1 aromatic heterocycles. The summed E-state index contributed by atoms with van der Waals surface area (Å²) in [6.07, 6.45) is -4.09. The fourth-order valence-corrected chi connectivity index (χ4v) is 6.16. The first-order chi connectivity index (χ1) is 23.1. The number of amides is 1. The second-order valence-corrected chi connectivity index (χ2v) is 11.9. The van der Waals surface area contributed by atoms with Gasteiger partial charge in [0.15, 0.2) is 0 Å². The number of aliphatic carboxylic acids is 1. The van der Waals surface area contributed by atoms with Gasteiger partial charge in [0.05, 0.1) is 25.5 Å². The molecule has 2 aliphatic rings. The van der Waals surface area contributed by atoms with Crippen molar-refractivity contribution in [3.8, 4) is 17.0 Å². The fourth-order valence-electron chi connectivity index (χ4n) is 6.16. The third-order valence-corrected chi connectivity index (χ3v) is 8.93. The number of fused-ring (bicyclic) bond motifs is 1. The summed E-state index contributed by atoms with van der Waals surface area (Å²) in [5, 5.41) is 10.3. The van der Waals surface area contributed by atoms with E-state index in [0.717, 1.165) is 12.0 Å². The number of carbonyl (C=O) groups is 2. The minimum atomic E-state index is -4.76. The Bertz CT molecular complexity index is 1810. The molecule has 11 nitrogen and oxygen atoms in total. The lowest BCUT2D eigenvalue weighted by molar-refractivity contribution is -0.167. The Labute approximate surface area is 277 Å². The van der Waals surface area contributed by atoms with E-state index >= 15 is 8.78 Å². The molecule has 3 heterocycles. The first-order valence-electron chi connectivity index (χ1n) is 15.4. The maximum atomic E-state index is 15.5. The molecular formula is C33H35F5N4O7. The number of benzene rings is 2. The van der Waals surface area contributed by atoms with E-state index in [2.05, 4.69) is 4.98 Å². The van der Waals surface area contributed by atoms with Crippen LogP contribution in [0.5, 0.6) is 5.75 Å². The summed E-state index contributed by atoms with van der Waals surface area (Å²) in [5.41, 5.74) is 0.946. The highest BCUT2D eigenvalue weighted by atomic mass is 19.4. The van der Waals surface area contributed by atoms with Crippen LogP contribution in [0.3, 0.4) is 0 Å². The molecule has 1 saturated heterocycles. The Morgan fingerprint density at radius 3 is 2.49 bits per heavy atom. The average molecular weight is 695 g/mol. The van der Waals surface area contributed by atoms with Gasteiger partial charge in [-0.05, 0) is 56.0 Å². The summed E-state index contributed by atoms with van der Waals surface area (Å²) in [7, 11) is 2.78. The number of ether oxygens (including phenoxy) is 3. The number of morpholine rings is 1. The van der Waals surface area contributed by atoms with E-state index in [1.54, 1.807) is 33.0 Å². The molecule has 1 N–H and O–H groups in total. The highest BCUT2D eigenvalue weighted by Gasteiger charge is 2.46. The number of aryl methyl sites for hydroxylation is 1. The molecule has 2 atom stereocenters. The van der Waals surface area contributed by atoms with Gasteiger partial charge in [0.2, 0.25) is 0 Å². The Hall–Kier alpha value is -4.57. The number of alkyl halides is 3. The zero-order chi connectivity index (χ0) is 35.8. The van der Waals surface area contributed by atoms with Crippen molar-refractivity contribution in [2.45, 2.75) is 51.4 Å². The standard InChI is InChI=1S/C33H35F5N4O7/c1-17-18(2)40(3)31(44)28(39-17)22-8-7-19(21-6-5-10-49-29(21)22)12-25(32(45)46)42(16-47-4)30(43)27-23(34)13-20(14-24(27)35)41-9-11-48-15-26(41)33(36,37)38/h7-8,13-14,25-26H,5-6,9-12,15-16H2,1-4H3,(H,45,46)/t25-,26+/m0/s1. The molecule has 1 amide bonds. The second-order valence-electron chi connectivity index (χ2n) is 11.9. The smallest absolute Gasteiger partial charge is 0.411 e. The molecule has 2 aliphatic heterocycles. The van der Waals surface area contributed by atoms with Crippen LogP contribution in [0.25, 0.3) is 11.3 Å². The topological polar surface area (TPSA) is 123 Å². The van der Waals surface area contributed by atoms with Crippen LogP contribution in [0.1, 0.15) is 39.3 Å². The van der Waals surface area contributed by atoms with Crippen molar-refractivity contribution in [2.75, 3.05) is 45.1 Å². The SMILES string of the molecule is COCN(C(=O)c1c(F)cc(N2CCOC[C@@H]2C(F)(F)F)cc1F)[C@@H](Cc1ccc(-c2nc(C)c(C)n(C)c2=O)c2c1CCCO2)C(=O)O.